The van der Waals surface area contributed by atoms with E-state index in [1.165, 1.54) is 46.7 Å². The van der Waals surface area contributed by atoms with Crippen LogP contribution in [0.3, 0.4) is 0 Å². The highest BCUT2D eigenvalue weighted by Gasteiger charge is 2.57. The smallest absolute Gasteiger partial charge is 0.352 e. The number of fused-ring (bicyclic) bond motifs is 1. The van der Waals surface area contributed by atoms with Gasteiger partial charge in [-0.25, -0.2) is 4.79 Å². The first-order valence-corrected chi connectivity index (χ1v) is 9.62. The average Bonchev–Trinajstić information content (AvgIpc) is 3.10. The maximum absolute atomic E-state index is 12.8. The van der Waals surface area contributed by atoms with E-state index in [0.29, 0.717) is 16.3 Å². The third kappa shape index (κ3) is 3.10. The van der Waals surface area contributed by atoms with E-state index in [-0.39, 0.29) is 18.2 Å². The van der Waals surface area contributed by atoms with Crippen LogP contribution in [0.15, 0.2) is 28.8 Å². The summed E-state index contributed by atoms with van der Waals surface area (Å²) in [6, 6.07) is 2.78. The lowest BCUT2D eigenvalue weighted by atomic mass is 10.0. The molecule has 1 aromatic heterocycles. The van der Waals surface area contributed by atoms with Crippen molar-refractivity contribution in [2.75, 3.05) is 17.3 Å². The standard InChI is InChI=1S/C16H16N2O6S2/c1-8(19)17(11-4-3-5-25-11)13-14(21)18-12(16(22)23)10(6-24-9(2)20)7-26-15(13)18/h3-5,13,15H,6-7H2,1-2H3,(H,22,23). The fraction of sp³-hybridized carbons (Fsp3) is 0.375. The minimum absolute atomic E-state index is 0.161. The van der Waals surface area contributed by atoms with Crippen LogP contribution in [-0.4, -0.2) is 57.5 Å². The van der Waals surface area contributed by atoms with E-state index in [9.17, 15) is 24.3 Å². The Hall–Kier alpha value is -2.33. The molecule has 0 aliphatic carbocycles. The van der Waals surface area contributed by atoms with Gasteiger partial charge in [0.25, 0.3) is 5.91 Å². The van der Waals surface area contributed by atoms with Gasteiger partial charge in [-0.2, -0.15) is 0 Å². The fourth-order valence-corrected chi connectivity index (χ4v) is 5.14. The molecule has 0 bridgehead atoms. The van der Waals surface area contributed by atoms with Crippen molar-refractivity contribution in [3.63, 3.8) is 0 Å². The van der Waals surface area contributed by atoms with Gasteiger partial charge in [0.15, 0.2) is 0 Å². The van der Waals surface area contributed by atoms with Crippen LogP contribution in [0.4, 0.5) is 5.00 Å². The summed E-state index contributed by atoms with van der Waals surface area (Å²) in [5.41, 5.74) is 0.206. The normalized spacial score (nSPS) is 21.8. The third-order valence-corrected chi connectivity index (χ3v) is 6.23. The molecule has 2 unspecified atom stereocenters. The molecule has 0 spiro atoms. The highest BCUT2D eigenvalue weighted by molar-refractivity contribution is 8.00. The third-order valence-electron chi connectivity index (χ3n) is 4.03. The summed E-state index contributed by atoms with van der Waals surface area (Å²) in [5.74, 6) is -2.21. The Bertz CT molecular complexity index is 804. The lowest BCUT2D eigenvalue weighted by Crippen LogP contribution is -2.71. The number of thiophene rings is 1. The summed E-state index contributed by atoms with van der Waals surface area (Å²) in [7, 11) is 0. The molecule has 1 fully saturated rings. The summed E-state index contributed by atoms with van der Waals surface area (Å²) >= 11 is 2.69. The molecule has 8 nitrogen and oxygen atoms in total. The van der Waals surface area contributed by atoms with Gasteiger partial charge in [0.05, 0.1) is 5.00 Å². The Labute approximate surface area is 157 Å². The predicted molar refractivity (Wildman–Crippen MR) is 95.7 cm³/mol. The largest absolute Gasteiger partial charge is 0.477 e. The zero-order chi connectivity index (χ0) is 19.0. The SMILES string of the molecule is CC(=O)OCC1=C(C(=O)O)N2C(=O)C(N(C(C)=O)c3cccs3)C2SC1. The van der Waals surface area contributed by atoms with E-state index < -0.39 is 29.3 Å². The molecule has 2 aliphatic heterocycles. The first-order valence-electron chi connectivity index (χ1n) is 7.69. The first kappa shape index (κ1) is 18.5. The van der Waals surface area contributed by atoms with Crippen molar-refractivity contribution in [1.82, 2.24) is 4.90 Å². The Morgan fingerprint density at radius 2 is 2.12 bits per heavy atom. The summed E-state index contributed by atoms with van der Waals surface area (Å²) in [6.07, 6.45) is 0. The molecule has 2 amide bonds. The van der Waals surface area contributed by atoms with Crippen LogP contribution in [0.5, 0.6) is 0 Å². The summed E-state index contributed by atoms with van der Waals surface area (Å²) in [6.45, 7) is 2.44. The molecule has 10 heteroatoms. The van der Waals surface area contributed by atoms with Crippen molar-refractivity contribution in [3.05, 3.63) is 28.8 Å². The molecule has 1 saturated heterocycles. The lowest BCUT2D eigenvalue weighted by molar-refractivity contribution is -0.149. The molecule has 0 saturated carbocycles. The van der Waals surface area contributed by atoms with E-state index in [0.717, 1.165) is 0 Å². The number of carboxylic acid groups (broad SMARTS) is 1. The maximum Gasteiger partial charge on any atom is 0.352 e. The van der Waals surface area contributed by atoms with Gasteiger partial charge in [-0.3, -0.25) is 24.2 Å². The van der Waals surface area contributed by atoms with Gasteiger partial charge in [-0.05, 0) is 17.5 Å². The zero-order valence-corrected chi connectivity index (χ0v) is 15.6. The average molecular weight is 396 g/mol. The van der Waals surface area contributed by atoms with Gasteiger partial charge < -0.3 is 9.84 Å². The molecule has 2 aliphatic rings. The number of amides is 2. The van der Waals surface area contributed by atoms with Crippen molar-refractivity contribution >= 4 is 51.9 Å². The molecular formula is C16H16N2O6S2. The van der Waals surface area contributed by atoms with Crippen molar-refractivity contribution < 1.29 is 29.0 Å². The highest BCUT2D eigenvalue weighted by Crippen LogP contribution is 2.44. The molecule has 3 rings (SSSR count). The molecule has 1 aromatic rings. The highest BCUT2D eigenvalue weighted by atomic mass is 32.2. The number of carbonyl (C=O) groups is 4. The van der Waals surface area contributed by atoms with Crippen molar-refractivity contribution in [3.8, 4) is 0 Å². The Morgan fingerprint density at radius 3 is 2.65 bits per heavy atom. The minimum atomic E-state index is -1.25. The van der Waals surface area contributed by atoms with Crippen LogP contribution in [0, 0.1) is 0 Å². The van der Waals surface area contributed by atoms with Crippen LogP contribution in [0.25, 0.3) is 0 Å². The molecule has 2 atom stereocenters. The van der Waals surface area contributed by atoms with Crippen LogP contribution < -0.4 is 4.90 Å². The molecule has 0 aromatic carbocycles. The topological polar surface area (TPSA) is 104 Å². The van der Waals surface area contributed by atoms with E-state index in [1.807, 2.05) is 0 Å². The molecule has 0 radical (unpaired) electrons. The number of β-lactam (4-membered cyclic amide) rings is 1. The van der Waals surface area contributed by atoms with Crippen molar-refractivity contribution in [2.24, 2.45) is 0 Å². The van der Waals surface area contributed by atoms with Gasteiger partial charge in [0, 0.05) is 25.2 Å². The number of hydrogen-bond donors (Lipinski definition) is 1. The molecule has 3 heterocycles. The Morgan fingerprint density at radius 1 is 1.38 bits per heavy atom. The number of thioether (sulfide) groups is 1. The van der Waals surface area contributed by atoms with Crippen molar-refractivity contribution in [1.29, 1.82) is 0 Å². The monoisotopic (exact) mass is 396 g/mol. The number of anilines is 1. The van der Waals surface area contributed by atoms with E-state index in [4.69, 9.17) is 4.74 Å². The second-order valence-corrected chi connectivity index (χ2v) is 7.76. The first-order chi connectivity index (χ1) is 12.3. The molecule has 138 valence electrons. The molecular weight excluding hydrogens is 380 g/mol. The number of rotatable bonds is 5. The van der Waals surface area contributed by atoms with Crippen LogP contribution >= 0.6 is 23.1 Å². The number of hydrogen-bond acceptors (Lipinski definition) is 7. The predicted octanol–water partition coefficient (Wildman–Crippen LogP) is 1.29. The Kier molecular flexibility index (Phi) is 5.05. The molecule has 26 heavy (non-hydrogen) atoms. The second kappa shape index (κ2) is 7.12. The minimum Gasteiger partial charge on any atom is -0.477 e. The zero-order valence-electron chi connectivity index (χ0n) is 14.0. The summed E-state index contributed by atoms with van der Waals surface area (Å²) < 4.78 is 4.90. The number of carboxylic acids is 1. The number of carbonyl (C=O) groups excluding carboxylic acids is 3. The van der Waals surface area contributed by atoms with Gasteiger partial charge >= 0.3 is 11.9 Å². The second-order valence-electron chi connectivity index (χ2n) is 5.73. The van der Waals surface area contributed by atoms with Gasteiger partial charge in [0.2, 0.25) is 5.91 Å². The van der Waals surface area contributed by atoms with E-state index in [1.54, 1.807) is 17.5 Å². The maximum atomic E-state index is 12.8. The van der Waals surface area contributed by atoms with Gasteiger partial charge in [-0.15, -0.1) is 23.1 Å². The Balaban J connectivity index is 1.90. The van der Waals surface area contributed by atoms with Gasteiger partial charge in [0.1, 0.15) is 23.7 Å². The fourth-order valence-electron chi connectivity index (χ4n) is 2.96. The quantitative estimate of drug-likeness (QED) is 0.591. The number of ether oxygens (including phenoxy) is 1. The van der Waals surface area contributed by atoms with E-state index in [2.05, 4.69) is 0 Å². The van der Waals surface area contributed by atoms with Crippen molar-refractivity contribution in [2.45, 2.75) is 25.3 Å². The van der Waals surface area contributed by atoms with Crippen LogP contribution in [-0.2, 0) is 23.9 Å². The summed E-state index contributed by atoms with van der Waals surface area (Å²) in [4.78, 5) is 50.2. The lowest BCUT2D eigenvalue weighted by Gasteiger charge is -2.52. The van der Waals surface area contributed by atoms with Gasteiger partial charge in [-0.1, -0.05) is 0 Å². The van der Waals surface area contributed by atoms with E-state index >= 15 is 0 Å². The molecule has 1 N–H and O–H groups in total. The summed E-state index contributed by atoms with van der Waals surface area (Å²) in [5, 5.41) is 11.5. The number of esters is 1. The van der Waals surface area contributed by atoms with Crippen LogP contribution in [0.1, 0.15) is 13.8 Å². The number of aliphatic carboxylic acids is 1. The van der Waals surface area contributed by atoms with Crippen LogP contribution in [0.2, 0.25) is 0 Å². The number of nitrogens with zero attached hydrogens (tertiary/aromatic N) is 2.